The summed E-state index contributed by atoms with van der Waals surface area (Å²) in [4.78, 5) is 1.21. The predicted octanol–water partition coefficient (Wildman–Crippen LogP) is 12.7. The summed E-state index contributed by atoms with van der Waals surface area (Å²) in [5.41, 5.74) is -8.75. The lowest BCUT2D eigenvalue weighted by atomic mass is 9.98. The molecule has 13 heteroatoms. The number of alkyl halides is 3. The SMILES string of the molecule is Cc1cccc(N(c2ccccc2)c2c(F)c(F)c(-c3c(F)c(F)c(N(c4ccccc4)c4cccc(C(F)(F)F)c4)c(F)c3F)c(F)c2F)c1. The van der Waals surface area contributed by atoms with Crippen molar-refractivity contribution in [3.63, 3.8) is 0 Å². The number of anilines is 6. The van der Waals surface area contributed by atoms with Crippen LogP contribution >= 0.6 is 0 Å². The summed E-state index contributed by atoms with van der Waals surface area (Å²) >= 11 is 0. The number of halogens is 11. The van der Waals surface area contributed by atoms with Crippen LogP contribution in [0, 0.1) is 53.5 Å². The number of hydrogen-bond acceptors (Lipinski definition) is 2. The van der Waals surface area contributed by atoms with Crippen LogP contribution in [-0.4, -0.2) is 0 Å². The van der Waals surface area contributed by atoms with E-state index in [0.717, 1.165) is 29.2 Å². The maximum absolute atomic E-state index is 16.0. The second kappa shape index (κ2) is 13.5. The van der Waals surface area contributed by atoms with Gasteiger partial charge >= 0.3 is 6.18 Å². The molecule has 0 fully saturated rings. The summed E-state index contributed by atoms with van der Waals surface area (Å²) in [6, 6.07) is 22.4. The third-order valence-corrected chi connectivity index (χ3v) is 7.90. The summed E-state index contributed by atoms with van der Waals surface area (Å²) < 4.78 is 168. The molecule has 260 valence electrons. The van der Waals surface area contributed by atoms with Crippen molar-refractivity contribution in [2.75, 3.05) is 9.80 Å². The molecule has 51 heavy (non-hydrogen) atoms. The van der Waals surface area contributed by atoms with Gasteiger partial charge in [0.1, 0.15) is 11.4 Å². The molecule has 0 aliphatic rings. The van der Waals surface area contributed by atoms with E-state index in [-0.39, 0.29) is 17.1 Å². The van der Waals surface area contributed by atoms with Gasteiger partial charge < -0.3 is 9.80 Å². The normalized spacial score (nSPS) is 11.5. The Labute approximate surface area is 283 Å². The first-order valence-corrected chi connectivity index (χ1v) is 14.9. The molecule has 0 unspecified atom stereocenters. The lowest BCUT2D eigenvalue weighted by Gasteiger charge is -2.28. The van der Waals surface area contributed by atoms with Crippen molar-refractivity contribution in [3.8, 4) is 11.1 Å². The summed E-state index contributed by atoms with van der Waals surface area (Å²) in [7, 11) is 0. The second-order valence-electron chi connectivity index (χ2n) is 11.2. The minimum Gasteiger partial charge on any atom is -0.305 e. The molecule has 0 atom stereocenters. The number of rotatable bonds is 7. The molecular formula is C38H21F11N2. The first-order chi connectivity index (χ1) is 24.2. The molecule has 0 saturated heterocycles. The van der Waals surface area contributed by atoms with E-state index in [1.807, 2.05) is 0 Å². The van der Waals surface area contributed by atoms with Gasteiger partial charge in [0.05, 0.1) is 16.7 Å². The van der Waals surface area contributed by atoms with Crippen LogP contribution < -0.4 is 9.80 Å². The van der Waals surface area contributed by atoms with Gasteiger partial charge in [-0.25, -0.2) is 35.1 Å². The first-order valence-electron chi connectivity index (χ1n) is 14.9. The largest absolute Gasteiger partial charge is 0.416 e. The molecule has 2 nitrogen and oxygen atoms in total. The van der Waals surface area contributed by atoms with Crippen LogP contribution in [0.3, 0.4) is 0 Å². The van der Waals surface area contributed by atoms with Crippen molar-refractivity contribution < 1.29 is 48.3 Å². The zero-order chi connectivity index (χ0) is 36.8. The molecule has 6 rings (SSSR count). The zero-order valence-electron chi connectivity index (χ0n) is 25.9. The average Bonchev–Trinajstić information content (AvgIpc) is 3.12. The fraction of sp³-hybridized carbons (Fsp3) is 0.0526. The molecule has 6 aromatic carbocycles. The molecule has 6 aromatic rings. The van der Waals surface area contributed by atoms with Crippen LogP contribution in [0.5, 0.6) is 0 Å². The van der Waals surface area contributed by atoms with E-state index >= 15 is 35.1 Å². The maximum Gasteiger partial charge on any atom is 0.416 e. The van der Waals surface area contributed by atoms with Crippen molar-refractivity contribution in [2.45, 2.75) is 13.1 Å². The lowest BCUT2D eigenvalue weighted by Crippen LogP contribution is -2.19. The third kappa shape index (κ3) is 6.24. The molecule has 0 radical (unpaired) electrons. The Morgan fingerprint density at radius 2 is 0.745 bits per heavy atom. The molecule has 0 saturated carbocycles. The minimum absolute atomic E-state index is 0.0156. The third-order valence-electron chi connectivity index (χ3n) is 7.90. The van der Waals surface area contributed by atoms with Gasteiger partial charge in [-0.1, -0.05) is 54.6 Å². The van der Waals surface area contributed by atoms with Gasteiger partial charge in [-0.2, -0.15) is 13.2 Å². The van der Waals surface area contributed by atoms with Gasteiger partial charge in [0.15, 0.2) is 46.5 Å². The van der Waals surface area contributed by atoms with E-state index in [0.29, 0.717) is 22.6 Å². The molecular weight excluding hydrogens is 693 g/mol. The van der Waals surface area contributed by atoms with E-state index < -0.39 is 86.5 Å². The number of benzene rings is 6. The van der Waals surface area contributed by atoms with Gasteiger partial charge in [0, 0.05) is 22.7 Å². The van der Waals surface area contributed by atoms with Crippen LogP contribution in [0.25, 0.3) is 11.1 Å². The highest BCUT2D eigenvalue weighted by atomic mass is 19.4. The zero-order valence-corrected chi connectivity index (χ0v) is 25.9. The Morgan fingerprint density at radius 1 is 0.392 bits per heavy atom. The highest BCUT2D eigenvalue weighted by Crippen LogP contribution is 2.47. The van der Waals surface area contributed by atoms with E-state index in [2.05, 4.69) is 0 Å². The van der Waals surface area contributed by atoms with Gasteiger partial charge in [-0.3, -0.25) is 0 Å². The van der Waals surface area contributed by atoms with Gasteiger partial charge in [-0.05, 0) is 67.1 Å². The van der Waals surface area contributed by atoms with Crippen molar-refractivity contribution in [2.24, 2.45) is 0 Å². The highest BCUT2D eigenvalue weighted by molar-refractivity contribution is 5.83. The van der Waals surface area contributed by atoms with E-state index in [4.69, 9.17) is 0 Å². The summed E-state index contributed by atoms with van der Waals surface area (Å²) in [5, 5.41) is 0. The number of para-hydroxylation sites is 2. The molecule has 0 spiro atoms. The number of nitrogens with zero attached hydrogens (tertiary/aromatic N) is 2. The van der Waals surface area contributed by atoms with Crippen LogP contribution in [0.2, 0.25) is 0 Å². The van der Waals surface area contributed by atoms with Gasteiger partial charge in [-0.15, -0.1) is 0 Å². The van der Waals surface area contributed by atoms with Crippen LogP contribution in [0.15, 0.2) is 109 Å². The molecule has 0 bridgehead atoms. The Bertz CT molecular complexity index is 2200. The van der Waals surface area contributed by atoms with E-state index in [9.17, 15) is 13.2 Å². The number of aryl methyl sites for hydroxylation is 1. The quantitative estimate of drug-likeness (QED) is 0.120. The first kappa shape index (κ1) is 35.0. The molecule has 0 N–H and O–H groups in total. The summed E-state index contributed by atoms with van der Waals surface area (Å²) in [5.74, 6) is -18.7. The molecule has 0 aliphatic carbocycles. The van der Waals surface area contributed by atoms with Crippen LogP contribution in [0.4, 0.5) is 82.4 Å². The fourth-order valence-corrected chi connectivity index (χ4v) is 5.63. The predicted molar refractivity (Wildman–Crippen MR) is 171 cm³/mol. The smallest absolute Gasteiger partial charge is 0.305 e. The van der Waals surface area contributed by atoms with E-state index in [1.54, 1.807) is 19.1 Å². The summed E-state index contributed by atoms with van der Waals surface area (Å²) in [6.07, 6.45) is -4.94. The fourth-order valence-electron chi connectivity index (χ4n) is 5.63. The molecule has 0 aliphatic heterocycles. The van der Waals surface area contributed by atoms with Crippen molar-refractivity contribution in [1.82, 2.24) is 0 Å². The average molecular weight is 715 g/mol. The van der Waals surface area contributed by atoms with Gasteiger partial charge in [0.2, 0.25) is 0 Å². The minimum atomic E-state index is -4.94. The Morgan fingerprint density at radius 3 is 1.12 bits per heavy atom. The van der Waals surface area contributed by atoms with E-state index in [1.165, 1.54) is 60.7 Å². The van der Waals surface area contributed by atoms with Crippen LogP contribution in [0.1, 0.15) is 11.1 Å². The van der Waals surface area contributed by atoms with Crippen molar-refractivity contribution in [3.05, 3.63) is 167 Å². The Hall–Kier alpha value is -5.85. The topological polar surface area (TPSA) is 6.48 Å². The number of hydrogen-bond donors (Lipinski definition) is 0. The lowest BCUT2D eigenvalue weighted by molar-refractivity contribution is -0.137. The molecule has 0 aromatic heterocycles. The Balaban J connectivity index is 1.59. The maximum atomic E-state index is 16.0. The van der Waals surface area contributed by atoms with Crippen molar-refractivity contribution in [1.29, 1.82) is 0 Å². The van der Waals surface area contributed by atoms with Gasteiger partial charge in [0.25, 0.3) is 0 Å². The standard InChI is InChI=1S/C38H21F11N2/c1-20-10-8-16-24(18-20)50(22-12-4-2-5-13-22)36-32(43)28(39)26(29(40)33(36)44)27-30(41)34(45)37(35(46)31(27)42)51(23-14-6-3-7-15-23)25-17-9-11-21(19-25)38(47,48)49/h2-19H,1H3. The molecule has 0 amide bonds. The second-order valence-corrected chi connectivity index (χ2v) is 11.2. The highest BCUT2D eigenvalue weighted by Gasteiger charge is 2.38. The Kier molecular flexibility index (Phi) is 9.24. The molecule has 0 heterocycles. The van der Waals surface area contributed by atoms with Crippen LogP contribution in [-0.2, 0) is 6.18 Å². The van der Waals surface area contributed by atoms with Crippen molar-refractivity contribution >= 4 is 34.1 Å². The monoisotopic (exact) mass is 714 g/mol. The summed E-state index contributed by atoms with van der Waals surface area (Å²) in [6.45, 7) is 1.63.